The van der Waals surface area contributed by atoms with Crippen molar-refractivity contribution < 1.29 is 23.8 Å². The molecule has 0 radical (unpaired) electrons. The number of amides is 1. The minimum Gasteiger partial charge on any atom is -0.493 e. The molecule has 0 spiro atoms. The third-order valence-corrected chi connectivity index (χ3v) is 6.11. The molecule has 0 saturated carbocycles. The number of benzene rings is 2. The molecule has 0 unspecified atom stereocenters. The third kappa shape index (κ3) is 5.80. The van der Waals surface area contributed by atoms with E-state index in [2.05, 4.69) is 4.98 Å². The summed E-state index contributed by atoms with van der Waals surface area (Å²) in [4.78, 5) is 30.5. The highest BCUT2D eigenvalue weighted by atomic mass is 16.5. The molecule has 0 saturated heterocycles. The van der Waals surface area contributed by atoms with Crippen molar-refractivity contribution in [2.75, 3.05) is 6.61 Å². The van der Waals surface area contributed by atoms with Crippen LogP contribution in [0, 0.1) is 6.92 Å². The number of carbonyl (C=O) groups is 2. The summed E-state index contributed by atoms with van der Waals surface area (Å²) in [5.41, 5.74) is 3.61. The number of oxazole rings is 1. The summed E-state index contributed by atoms with van der Waals surface area (Å²) in [6, 6.07) is 14.5. The van der Waals surface area contributed by atoms with Crippen molar-refractivity contribution in [1.29, 1.82) is 0 Å². The number of hydrogen-bond donors (Lipinski definition) is 1. The fraction of sp³-hybridized carbons (Fsp3) is 0.321. The van der Waals surface area contributed by atoms with Crippen LogP contribution in [-0.2, 0) is 29.0 Å². The first-order chi connectivity index (χ1) is 17.0. The van der Waals surface area contributed by atoms with Gasteiger partial charge in [0, 0.05) is 24.9 Å². The number of nitrogens with zero attached hydrogens (tertiary/aromatic N) is 2. The number of fused-ring (bicyclic) bond motifs is 1. The number of aromatic nitrogens is 1. The van der Waals surface area contributed by atoms with E-state index in [9.17, 15) is 14.7 Å². The van der Waals surface area contributed by atoms with Crippen LogP contribution in [-0.4, -0.2) is 39.5 Å². The highest BCUT2D eigenvalue weighted by Gasteiger charge is 2.33. The molecule has 7 heteroatoms. The van der Waals surface area contributed by atoms with E-state index in [4.69, 9.17) is 9.15 Å². The quantitative estimate of drug-likeness (QED) is 0.441. The maximum atomic E-state index is 12.7. The molecule has 35 heavy (non-hydrogen) atoms. The largest absolute Gasteiger partial charge is 0.493 e. The number of aliphatic carboxylic acids is 1. The predicted octanol–water partition coefficient (Wildman–Crippen LogP) is 4.97. The van der Waals surface area contributed by atoms with Crippen molar-refractivity contribution in [3.63, 3.8) is 0 Å². The lowest BCUT2D eigenvalue weighted by Crippen LogP contribution is -2.48. The van der Waals surface area contributed by atoms with Crippen LogP contribution in [0.4, 0.5) is 0 Å². The van der Waals surface area contributed by atoms with Gasteiger partial charge in [-0.2, -0.15) is 0 Å². The van der Waals surface area contributed by atoms with E-state index in [-0.39, 0.29) is 18.9 Å². The first kappa shape index (κ1) is 24.3. The van der Waals surface area contributed by atoms with Crippen LogP contribution in [0.1, 0.15) is 42.3 Å². The van der Waals surface area contributed by atoms with Gasteiger partial charge in [0.15, 0.2) is 0 Å². The fourth-order valence-electron chi connectivity index (χ4n) is 4.18. The Labute approximate surface area is 205 Å². The first-order valence-corrected chi connectivity index (χ1v) is 11.9. The van der Waals surface area contributed by atoms with E-state index in [1.165, 1.54) is 11.0 Å². The van der Waals surface area contributed by atoms with Gasteiger partial charge in [-0.15, -0.1) is 0 Å². The van der Waals surface area contributed by atoms with Crippen LogP contribution in [0.2, 0.25) is 0 Å². The SMILES string of the molecule is CCC/C=C/C(=O)N1Cc2cc(OCCc3nc(-c4ccccc4)oc3C)ccc2C[C@H]1C(=O)O. The van der Waals surface area contributed by atoms with Crippen molar-refractivity contribution in [2.45, 2.75) is 52.1 Å². The number of unbranched alkanes of at least 4 members (excludes halogenated alkanes) is 1. The first-order valence-electron chi connectivity index (χ1n) is 11.9. The highest BCUT2D eigenvalue weighted by Crippen LogP contribution is 2.28. The van der Waals surface area contributed by atoms with Gasteiger partial charge in [-0.25, -0.2) is 9.78 Å². The summed E-state index contributed by atoms with van der Waals surface area (Å²) in [7, 11) is 0. The number of carbonyl (C=O) groups excluding carboxylic acids is 1. The van der Waals surface area contributed by atoms with Crippen LogP contribution in [0.3, 0.4) is 0 Å². The van der Waals surface area contributed by atoms with Crippen LogP contribution in [0.15, 0.2) is 65.1 Å². The van der Waals surface area contributed by atoms with Gasteiger partial charge in [0.2, 0.25) is 11.8 Å². The summed E-state index contributed by atoms with van der Waals surface area (Å²) in [5.74, 6) is 0.765. The standard InChI is InChI=1S/C28H30N2O5/c1-3-4-6-11-26(31)30-18-22-16-23(13-12-21(22)17-25(30)28(32)33)34-15-14-24-19(2)35-27(29-24)20-9-7-5-8-10-20/h5-13,16,25H,3-4,14-15,17-18H2,1-2H3,(H,32,33)/b11-6+/t25-/m0/s1. The molecule has 1 aromatic heterocycles. The van der Waals surface area contributed by atoms with E-state index in [0.717, 1.165) is 41.0 Å². The Morgan fingerprint density at radius 3 is 2.74 bits per heavy atom. The summed E-state index contributed by atoms with van der Waals surface area (Å²) in [6.45, 7) is 4.58. The zero-order chi connectivity index (χ0) is 24.8. The highest BCUT2D eigenvalue weighted by molar-refractivity contribution is 5.91. The molecular formula is C28H30N2O5. The number of ether oxygens (including phenoxy) is 1. The Bertz CT molecular complexity index is 1220. The number of carboxylic acid groups (broad SMARTS) is 1. The van der Waals surface area contributed by atoms with Gasteiger partial charge >= 0.3 is 5.97 Å². The smallest absolute Gasteiger partial charge is 0.326 e. The molecule has 1 N–H and O–H groups in total. The van der Waals surface area contributed by atoms with Crippen molar-refractivity contribution in [3.8, 4) is 17.2 Å². The minimum absolute atomic E-state index is 0.238. The molecule has 1 aliphatic rings. The van der Waals surface area contributed by atoms with Crippen LogP contribution < -0.4 is 4.74 Å². The maximum Gasteiger partial charge on any atom is 0.326 e. The number of hydrogen-bond acceptors (Lipinski definition) is 5. The molecule has 0 fully saturated rings. The number of allylic oxidation sites excluding steroid dienone is 1. The van der Waals surface area contributed by atoms with E-state index in [0.29, 0.717) is 24.7 Å². The molecular weight excluding hydrogens is 444 g/mol. The number of rotatable bonds is 9. The lowest BCUT2D eigenvalue weighted by atomic mass is 9.93. The minimum atomic E-state index is -0.994. The molecule has 1 aliphatic heterocycles. The van der Waals surface area contributed by atoms with E-state index >= 15 is 0 Å². The Kier molecular flexibility index (Phi) is 7.65. The third-order valence-electron chi connectivity index (χ3n) is 6.11. The van der Waals surface area contributed by atoms with Crippen molar-refractivity contribution in [2.24, 2.45) is 0 Å². The maximum absolute atomic E-state index is 12.7. The summed E-state index contributed by atoms with van der Waals surface area (Å²) in [5, 5.41) is 9.67. The Hall–Kier alpha value is -3.87. The average molecular weight is 475 g/mol. The van der Waals surface area contributed by atoms with E-state index in [1.54, 1.807) is 6.08 Å². The molecule has 2 aromatic carbocycles. The number of carboxylic acids is 1. The zero-order valence-corrected chi connectivity index (χ0v) is 20.1. The lowest BCUT2D eigenvalue weighted by Gasteiger charge is -2.34. The van der Waals surface area contributed by atoms with Crippen molar-refractivity contribution in [3.05, 3.63) is 83.3 Å². The van der Waals surface area contributed by atoms with Crippen LogP contribution >= 0.6 is 0 Å². The van der Waals surface area contributed by atoms with Gasteiger partial charge in [-0.1, -0.05) is 43.7 Å². The second kappa shape index (κ2) is 11.0. The van der Waals surface area contributed by atoms with Gasteiger partial charge in [0.25, 0.3) is 0 Å². The van der Waals surface area contributed by atoms with Gasteiger partial charge in [0.1, 0.15) is 17.6 Å². The topological polar surface area (TPSA) is 92.9 Å². The van der Waals surface area contributed by atoms with E-state index in [1.807, 2.05) is 62.4 Å². The zero-order valence-electron chi connectivity index (χ0n) is 20.1. The average Bonchev–Trinajstić information content (AvgIpc) is 3.24. The van der Waals surface area contributed by atoms with Crippen LogP contribution in [0.5, 0.6) is 5.75 Å². The molecule has 1 atom stereocenters. The molecule has 2 heterocycles. The summed E-state index contributed by atoms with van der Waals surface area (Å²) in [6.07, 6.45) is 5.85. The second-order valence-electron chi connectivity index (χ2n) is 8.63. The Balaban J connectivity index is 1.42. The summed E-state index contributed by atoms with van der Waals surface area (Å²) < 4.78 is 11.8. The van der Waals surface area contributed by atoms with Crippen molar-refractivity contribution in [1.82, 2.24) is 9.88 Å². The molecule has 7 nitrogen and oxygen atoms in total. The van der Waals surface area contributed by atoms with Crippen LogP contribution in [0.25, 0.3) is 11.5 Å². The van der Waals surface area contributed by atoms with Gasteiger partial charge in [-0.05, 0) is 54.8 Å². The summed E-state index contributed by atoms with van der Waals surface area (Å²) >= 11 is 0. The van der Waals surface area contributed by atoms with Crippen molar-refractivity contribution >= 4 is 11.9 Å². The molecule has 3 aromatic rings. The normalized spacial score (nSPS) is 15.3. The molecule has 1 amide bonds. The monoisotopic (exact) mass is 474 g/mol. The van der Waals surface area contributed by atoms with E-state index < -0.39 is 12.0 Å². The van der Waals surface area contributed by atoms with Gasteiger partial charge in [-0.3, -0.25) is 4.79 Å². The Morgan fingerprint density at radius 2 is 2.00 bits per heavy atom. The Morgan fingerprint density at radius 1 is 1.20 bits per heavy atom. The lowest BCUT2D eigenvalue weighted by molar-refractivity contribution is -0.149. The predicted molar refractivity (Wildman–Crippen MR) is 132 cm³/mol. The molecule has 0 aliphatic carbocycles. The fourth-order valence-corrected chi connectivity index (χ4v) is 4.18. The molecule has 0 bridgehead atoms. The molecule has 182 valence electrons. The van der Waals surface area contributed by atoms with Gasteiger partial charge < -0.3 is 19.2 Å². The molecule has 4 rings (SSSR count). The second-order valence-corrected chi connectivity index (χ2v) is 8.63. The number of aryl methyl sites for hydroxylation is 1. The van der Waals surface area contributed by atoms with Gasteiger partial charge in [0.05, 0.1) is 12.3 Å².